The van der Waals surface area contributed by atoms with Crippen LogP contribution < -0.4 is 5.32 Å². The van der Waals surface area contributed by atoms with Gasteiger partial charge in [-0.2, -0.15) is 0 Å². The van der Waals surface area contributed by atoms with Gasteiger partial charge in [0.15, 0.2) is 0 Å². The number of fused-ring (bicyclic) bond motifs is 1. The molecule has 3 rings (SSSR count). The quantitative estimate of drug-likeness (QED) is 0.764. The predicted octanol–water partition coefficient (Wildman–Crippen LogP) is 1.61. The van der Waals surface area contributed by atoms with Crippen LogP contribution in [0.15, 0.2) is 24.3 Å². The van der Waals surface area contributed by atoms with E-state index in [1.165, 1.54) is 11.1 Å². The molecule has 0 aliphatic carbocycles. The van der Waals surface area contributed by atoms with Gasteiger partial charge in [-0.05, 0) is 17.5 Å². The summed E-state index contributed by atoms with van der Waals surface area (Å²) < 4.78 is 0. The van der Waals surface area contributed by atoms with Gasteiger partial charge >= 0.3 is 0 Å². The summed E-state index contributed by atoms with van der Waals surface area (Å²) in [5, 5.41) is 2.78. The lowest BCUT2D eigenvalue weighted by atomic mass is 10.1. The van der Waals surface area contributed by atoms with Crippen molar-refractivity contribution in [1.82, 2.24) is 10.2 Å². The molecular formula is C13H14N2OS. The lowest BCUT2D eigenvalue weighted by Gasteiger charge is -2.30. The number of nitrogens with one attached hydrogen (secondary N) is 1. The zero-order valence-electron chi connectivity index (χ0n) is 9.48. The monoisotopic (exact) mass is 246 g/mol. The third-order valence-electron chi connectivity index (χ3n) is 3.52. The van der Waals surface area contributed by atoms with E-state index < -0.39 is 0 Å². The summed E-state index contributed by atoms with van der Waals surface area (Å²) in [4.78, 5) is 14.8. The van der Waals surface area contributed by atoms with Crippen LogP contribution in [0.25, 0.3) is 0 Å². The molecule has 2 heterocycles. The number of nitrogens with zero attached hydrogens (tertiary/aromatic N) is 1. The molecule has 3 nitrogen and oxygen atoms in total. The third-order valence-corrected chi connectivity index (χ3v) is 3.82. The summed E-state index contributed by atoms with van der Waals surface area (Å²) in [5.74, 6) is 0.0639. The van der Waals surface area contributed by atoms with Crippen molar-refractivity contribution in [3.63, 3.8) is 0 Å². The molecule has 4 heteroatoms. The van der Waals surface area contributed by atoms with Gasteiger partial charge in [0.25, 0.3) is 0 Å². The van der Waals surface area contributed by atoms with Crippen LogP contribution in [0.4, 0.5) is 0 Å². The molecule has 0 saturated carbocycles. The van der Waals surface area contributed by atoms with Gasteiger partial charge in [0.1, 0.15) is 0 Å². The number of hydrogen-bond acceptors (Lipinski definition) is 3. The molecule has 1 aromatic carbocycles. The van der Waals surface area contributed by atoms with Gasteiger partial charge in [-0.25, -0.2) is 0 Å². The average Bonchev–Trinajstić information content (AvgIpc) is 2.72. The normalized spacial score (nSPS) is 24.6. The highest BCUT2D eigenvalue weighted by molar-refractivity contribution is 7.80. The fraction of sp³-hybridized carbons (Fsp3) is 0.385. The Labute approximate surface area is 106 Å². The van der Waals surface area contributed by atoms with E-state index in [0.29, 0.717) is 4.99 Å². The summed E-state index contributed by atoms with van der Waals surface area (Å²) in [6.45, 7) is 1.75. The van der Waals surface area contributed by atoms with Crippen molar-refractivity contribution in [2.75, 3.05) is 0 Å². The second-order valence-electron chi connectivity index (χ2n) is 4.64. The van der Waals surface area contributed by atoms with E-state index in [1.54, 1.807) is 0 Å². The highest BCUT2D eigenvalue weighted by Gasteiger charge is 2.33. The lowest BCUT2D eigenvalue weighted by molar-refractivity contribution is -0.126. The summed E-state index contributed by atoms with van der Waals surface area (Å²) in [6.07, 6.45) is 1.66. The number of benzene rings is 1. The van der Waals surface area contributed by atoms with Crippen LogP contribution in [0.2, 0.25) is 0 Å². The molecule has 2 aliphatic heterocycles. The second-order valence-corrected chi connectivity index (χ2v) is 5.13. The molecule has 0 aromatic heterocycles. The van der Waals surface area contributed by atoms with Crippen LogP contribution in [0.1, 0.15) is 24.0 Å². The Morgan fingerprint density at radius 2 is 1.88 bits per heavy atom. The minimum atomic E-state index is -0.0194. The first-order valence-electron chi connectivity index (χ1n) is 5.88. The molecular weight excluding hydrogens is 232 g/mol. The van der Waals surface area contributed by atoms with Crippen molar-refractivity contribution >= 4 is 23.1 Å². The van der Waals surface area contributed by atoms with Gasteiger partial charge in [0, 0.05) is 19.5 Å². The molecule has 88 valence electrons. The maximum Gasteiger partial charge on any atom is 0.242 e. The van der Waals surface area contributed by atoms with E-state index in [9.17, 15) is 4.79 Å². The zero-order chi connectivity index (χ0) is 11.8. The highest BCUT2D eigenvalue weighted by Crippen LogP contribution is 2.26. The van der Waals surface area contributed by atoms with Gasteiger partial charge in [-0.3, -0.25) is 9.69 Å². The minimum absolute atomic E-state index is 0.0194. The molecule has 1 amide bonds. The molecule has 2 aliphatic rings. The Bertz CT molecular complexity index is 461. The number of hydrogen-bond donors (Lipinski definition) is 1. The molecule has 0 radical (unpaired) electrons. The molecule has 1 N–H and O–H groups in total. The van der Waals surface area contributed by atoms with E-state index in [-0.39, 0.29) is 11.9 Å². The molecule has 1 aromatic rings. The molecule has 0 bridgehead atoms. The number of amides is 1. The van der Waals surface area contributed by atoms with Crippen molar-refractivity contribution < 1.29 is 4.79 Å². The van der Waals surface area contributed by atoms with E-state index in [1.807, 2.05) is 0 Å². The van der Waals surface area contributed by atoms with Crippen LogP contribution in [-0.2, 0) is 17.9 Å². The smallest absolute Gasteiger partial charge is 0.242 e. The van der Waals surface area contributed by atoms with Crippen molar-refractivity contribution in [2.24, 2.45) is 0 Å². The van der Waals surface area contributed by atoms with Gasteiger partial charge in [-0.15, -0.1) is 0 Å². The Morgan fingerprint density at radius 1 is 1.24 bits per heavy atom. The maximum atomic E-state index is 11.9. The standard InChI is InChI=1S/C13H14N2OS/c16-13-11(5-6-12(17)14-13)15-7-9-3-1-2-4-10(9)8-15/h1-4,11H,5-8H2,(H,14,16,17). The van der Waals surface area contributed by atoms with Crippen LogP contribution in [0, 0.1) is 0 Å². The van der Waals surface area contributed by atoms with Crippen molar-refractivity contribution in [1.29, 1.82) is 0 Å². The van der Waals surface area contributed by atoms with E-state index in [2.05, 4.69) is 34.5 Å². The minimum Gasteiger partial charge on any atom is -0.319 e. The summed E-state index contributed by atoms with van der Waals surface area (Å²) in [7, 11) is 0. The predicted molar refractivity (Wildman–Crippen MR) is 69.5 cm³/mol. The highest BCUT2D eigenvalue weighted by atomic mass is 32.1. The third kappa shape index (κ3) is 1.98. The number of rotatable bonds is 1. The van der Waals surface area contributed by atoms with Crippen molar-refractivity contribution in [3.05, 3.63) is 35.4 Å². The number of carbonyl (C=O) groups excluding carboxylic acids is 1. The molecule has 1 fully saturated rings. The molecule has 1 saturated heterocycles. The van der Waals surface area contributed by atoms with Gasteiger partial charge in [-0.1, -0.05) is 36.5 Å². The molecule has 17 heavy (non-hydrogen) atoms. The average molecular weight is 246 g/mol. The Morgan fingerprint density at radius 3 is 2.47 bits per heavy atom. The summed E-state index contributed by atoms with van der Waals surface area (Å²) in [5.41, 5.74) is 2.68. The fourth-order valence-electron chi connectivity index (χ4n) is 2.61. The largest absolute Gasteiger partial charge is 0.319 e. The molecule has 0 spiro atoms. The summed E-state index contributed by atoms with van der Waals surface area (Å²) >= 11 is 5.03. The van der Waals surface area contributed by atoms with Crippen LogP contribution >= 0.6 is 12.2 Å². The topological polar surface area (TPSA) is 32.3 Å². The number of thiocarbonyl (C=S) groups is 1. The second kappa shape index (κ2) is 4.20. The fourth-order valence-corrected chi connectivity index (χ4v) is 2.83. The lowest BCUT2D eigenvalue weighted by Crippen LogP contribution is -2.50. The Hall–Kier alpha value is -1.26. The molecule has 1 unspecified atom stereocenters. The van der Waals surface area contributed by atoms with Crippen LogP contribution in [0.5, 0.6) is 0 Å². The van der Waals surface area contributed by atoms with Gasteiger partial charge in [0.2, 0.25) is 5.91 Å². The first-order chi connectivity index (χ1) is 8.24. The Kier molecular flexibility index (Phi) is 2.68. The van der Waals surface area contributed by atoms with E-state index in [4.69, 9.17) is 12.2 Å². The van der Waals surface area contributed by atoms with Gasteiger partial charge < -0.3 is 5.32 Å². The summed E-state index contributed by atoms with van der Waals surface area (Å²) in [6, 6.07) is 8.37. The van der Waals surface area contributed by atoms with Crippen molar-refractivity contribution in [3.8, 4) is 0 Å². The first-order valence-corrected chi connectivity index (χ1v) is 6.29. The number of carbonyl (C=O) groups is 1. The van der Waals surface area contributed by atoms with E-state index in [0.717, 1.165) is 25.9 Å². The first kappa shape index (κ1) is 10.9. The van der Waals surface area contributed by atoms with Crippen LogP contribution in [-0.4, -0.2) is 21.8 Å². The Balaban J connectivity index is 1.76. The maximum absolute atomic E-state index is 11.9. The zero-order valence-corrected chi connectivity index (χ0v) is 10.3. The van der Waals surface area contributed by atoms with Crippen LogP contribution in [0.3, 0.4) is 0 Å². The van der Waals surface area contributed by atoms with Crippen molar-refractivity contribution in [2.45, 2.75) is 32.0 Å². The number of piperidine rings is 1. The van der Waals surface area contributed by atoms with Gasteiger partial charge in [0.05, 0.1) is 11.0 Å². The molecule has 1 atom stereocenters. The van der Waals surface area contributed by atoms with E-state index >= 15 is 0 Å². The SMILES string of the molecule is O=C1NC(=S)CCC1N1Cc2ccccc2C1.